The molecule has 7 heteroatoms. The van der Waals surface area contributed by atoms with E-state index >= 15 is 0 Å². The van der Waals surface area contributed by atoms with Gasteiger partial charge in [-0.05, 0) is 55.0 Å². The van der Waals surface area contributed by atoms with Gasteiger partial charge in [0.2, 0.25) is 5.91 Å². The normalized spacial score (nSPS) is 13.4. The van der Waals surface area contributed by atoms with Gasteiger partial charge in [0.1, 0.15) is 11.6 Å². The van der Waals surface area contributed by atoms with Crippen molar-refractivity contribution in [3.05, 3.63) is 78.2 Å². The standard InChI is InChI=1S/C22H19FN4O2/c23-18-6-1-2-7-19(18)26-21-17(5-3-13-24-21)22(29)25-15-9-11-16(12-10-15)27-14-4-8-20(27)28/h1-3,5-7,9-13H,4,8,14H2,(H,24,26)(H,25,29). The van der Waals surface area contributed by atoms with E-state index in [0.717, 1.165) is 12.1 Å². The van der Waals surface area contributed by atoms with Crippen molar-refractivity contribution in [3.8, 4) is 0 Å². The summed E-state index contributed by atoms with van der Waals surface area (Å²) in [5.41, 5.74) is 1.93. The first kappa shape index (κ1) is 18.6. The van der Waals surface area contributed by atoms with Crippen molar-refractivity contribution in [3.63, 3.8) is 0 Å². The quantitative estimate of drug-likeness (QED) is 0.680. The largest absolute Gasteiger partial charge is 0.337 e. The molecule has 1 fully saturated rings. The summed E-state index contributed by atoms with van der Waals surface area (Å²) in [6.45, 7) is 0.714. The highest BCUT2D eigenvalue weighted by atomic mass is 19.1. The van der Waals surface area contributed by atoms with Crippen LogP contribution in [0.4, 0.5) is 27.3 Å². The van der Waals surface area contributed by atoms with Crippen molar-refractivity contribution >= 4 is 34.7 Å². The first-order chi connectivity index (χ1) is 14.1. The minimum absolute atomic E-state index is 0.112. The van der Waals surface area contributed by atoms with Gasteiger partial charge in [-0.3, -0.25) is 9.59 Å². The number of rotatable bonds is 5. The zero-order valence-electron chi connectivity index (χ0n) is 15.6. The van der Waals surface area contributed by atoms with Crippen LogP contribution in [0.2, 0.25) is 0 Å². The van der Waals surface area contributed by atoms with E-state index in [0.29, 0.717) is 18.7 Å². The van der Waals surface area contributed by atoms with Gasteiger partial charge in [0.05, 0.1) is 11.3 Å². The van der Waals surface area contributed by atoms with Crippen LogP contribution in [0.5, 0.6) is 0 Å². The number of carbonyl (C=O) groups excluding carboxylic acids is 2. The molecule has 1 saturated heterocycles. The summed E-state index contributed by atoms with van der Waals surface area (Å²) in [6.07, 6.45) is 2.95. The zero-order valence-corrected chi connectivity index (χ0v) is 15.6. The van der Waals surface area contributed by atoms with Gasteiger partial charge in [-0.15, -0.1) is 0 Å². The summed E-state index contributed by atoms with van der Waals surface area (Å²) >= 11 is 0. The molecule has 0 atom stereocenters. The van der Waals surface area contributed by atoms with E-state index in [2.05, 4.69) is 15.6 Å². The van der Waals surface area contributed by atoms with Crippen LogP contribution in [-0.2, 0) is 4.79 Å². The Labute approximate surface area is 167 Å². The number of nitrogens with one attached hydrogen (secondary N) is 2. The maximum Gasteiger partial charge on any atom is 0.259 e. The van der Waals surface area contributed by atoms with Crippen molar-refractivity contribution in [2.45, 2.75) is 12.8 Å². The number of anilines is 4. The molecule has 2 aromatic carbocycles. The lowest BCUT2D eigenvalue weighted by molar-refractivity contribution is -0.117. The summed E-state index contributed by atoms with van der Waals surface area (Å²) in [4.78, 5) is 30.5. The van der Waals surface area contributed by atoms with Crippen LogP contribution in [0.1, 0.15) is 23.2 Å². The maximum atomic E-state index is 13.9. The Morgan fingerprint density at radius 2 is 1.83 bits per heavy atom. The van der Waals surface area contributed by atoms with Gasteiger partial charge >= 0.3 is 0 Å². The number of amides is 2. The van der Waals surface area contributed by atoms with E-state index in [-0.39, 0.29) is 28.9 Å². The summed E-state index contributed by atoms with van der Waals surface area (Å²) in [7, 11) is 0. The Hall–Kier alpha value is -3.74. The topological polar surface area (TPSA) is 74.3 Å². The average molecular weight is 390 g/mol. The lowest BCUT2D eigenvalue weighted by Gasteiger charge is -2.16. The molecule has 1 aliphatic heterocycles. The SMILES string of the molecule is O=C(Nc1ccc(N2CCCC2=O)cc1)c1cccnc1Nc1ccccc1F. The fourth-order valence-electron chi connectivity index (χ4n) is 3.22. The van der Waals surface area contributed by atoms with Gasteiger partial charge in [0, 0.05) is 30.5 Å². The van der Waals surface area contributed by atoms with Gasteiger partial charge < -0.3 is 15.5 Å². The molecule has 4 rings (SSSR count). The molecule has 0 unspecified atom stereocenters. The third-order valence-electron chi connectivity index (χ3n) is 4.69. The lowest BCUT2D eigenvalue weighted by Crippen LogP contribution is -2.23. The first-order valence-corrected chi connectivity index (χ1v) is 9.30. The van der Waals surface area contributed by atoms with Crippen LogP contribution in [0, 0.1) is 5.82 Å². The molecule has 3 aromatic rings. The smallest absolute Gasteiger partial charge is 0.259 e. The predicted octanol–water partition coefficient (Wildman–Crippen LogP) is 4.34. The molecule has 0 aliphatic carbocycles. The second-order valence-electron chi connectivity index (χ2n) is 6.65. The minimum atomic E-state index is -0.434. The highest BCUT2D eigenvalue weighted by Crippen LogP contribution is 2.25. The van der Waals surface area contributed by atoms with Crippen LogP contribution in [0.3, 0.4) is 0 Å². The average Bonchev–Trinajstić information content (AvgIpc) is 3.16. The van der Waals surface area contributed by atoms with Crippen molar-refractivity contribution < 1.29 is 14.0 Å². The van der Waals surface area contributed by atoms with Crippen molar-refractivity contribution in [2.24, 2.45) is 0 Å². The molecule has 146 valence electrons. The van der Waals surface area contributed by atoms with Crippen molar-refractivity contribution in [1.82, 2.24) is 4.98 Å². The Bertz CT molecular complexity index is 1050. The van der Waals surface area contributed by atoms with Crippen molar-refractivity contribution in [2.75, 3.05) is 22.1 Å². The number of para-hydroxylation sites is 1. The Morgan fingerprint density at radius 3 is 2.55 bits per heavy atom. The molecule has 6 nitrogen and oxygen atoms in total. The predicted molar refractivity (Wildman–Crippen MR) is 110 cm³/mol. The summed E-state index contributed by atoms with van der Waals surface area (Å²) in [6, 6.07) is 16.6. The molecule has 1 aliphatic rings. The number of halogens is 1. The number of aromatic nitrogens is 1. The molecule has 0 radical (unpaired) electrons. The number of hydrogen-bond acceptors (Lipinski definition) is 4. The molecule has 0 bridgehead atoms. The fourth-order valence-corrected chi connectivity index (χ4v) is 3.22. The second-order valence-corrected chi connectivity index (χ2v) is 6.65. The second kappa shape index (κ2) is 8.10. The Kier molecular flexibility index (Phi) is 5.20. The Balaban J connectivity index is 1.50. The lowest BCUT2D eigenvalue weighted by atomic mass is 10.2. The van der Waals surface area contributed by atoms with Gasteiger partial charge in [-0.25, -0.2) is 9.37 Å². The third-order valence-corrected chi connectivity index (χ3v) is 4.69. The molecular weight excluding hydrogens is 371 g/mol. The third kappa shape index (κ3) is 4.08. The minimum Gasteiger partial charge on any atom is -0.337 e. The monoisotopic (exact) mass is 390 g/mol. The molecule has 2 N–H and O–H groups in total. The molecule has 0 spiro atoms. The molecule has 2 amide bonds. The molecule has 29 heavy (non-hydrogen) atoms. The van der Waals surface area contributed by atoms with Crippen LogP contribution in [0.15, 0.2) is 66.9 Å². The highest BCUT2D eigenvalue weighted by Gasteiger charge is 2.21. The Morgan fingerprint density at radius 1 is 1.03 bits per heavy atom. The van der Waals surface area contributed by atoms with Crippen LogP contribution < -0.4 is 15.5 Å². The summed E-state index contributed by atoms with van der Waals surface area (Å²) < 4.78 is 13.9. The first-order valence-electron chi connectivity index (χ1n) is 9.30. The van der Waals surface area contributed by atoms with Gasteiger partial charge in [0.15, 0.2) is 0 Å². The van der Waals surface area contributed by atoms with E-state index in [1.54, 1.807) is 59.5 Å². The van der Waals surface area contributed by atoms with E-state index in [9.17, 15) is 14.0 Å². The number of pyridine rings is 1. The zero-order chi connectivity index (χ0) is 20.2. The maximum absolute atomic E-state index is 13.9. The summed E-state index contributed by atoms with van der Waals surface area (Å²) in [5, 5.41) is 5.68. The fraction of sp³-hybridized carbons (Fsp3) is 0.136. The molecule has 2 heterocycles. The molecule has 0 saturated carbocycles. The van der Waals surface area contributed by atoms with Crippen LogP contribution >= 0.6 is 0 Å². The van der Waals surface area contributed by atoms with E-state index < -0.39 is 5.82 Å². The van der Waals surface area contributed by atoms with Gasteiger partial charge in [0.25, 0.3) is 5.91 Å². The summed E-state index contributed by atoms with van der Waals surface area (Å²) in [5.74, 6) is -0.436. The van der Waals surface area contributed by atoms with E-state index in [4.69, 9.17) is 0 Å². The highest BCUT2D eigenvalue weighted by molar-refractivity contribution is 6.08. The number of nitrogens with zero attached hydrogens (tertiary/aromatic N) is 2. The van der Waals surface area contributed by atoms with Crippen molar-refractivity contribution in [1.29, 1.82) is 0 Å². The van der Waals surface area contributed by atoms with E-state index in [1.165, 1.54) is 12.3 Å². The van der Waals surface area contributed by atoms with Crippen LogP contribution in [0.25, 0.3) is 0 Å². The van der Waals surface area contributed by atoms with Gasteiger partial charge in [-0.2, -0.15) is 0 Å². The number of benzene rings is 2. The molecule has 1 aromatic heterocycles. The van der Waals surface area contributed by atoms with Crippen LogP contribution in [-0.4, -0.2) is 23.3 Å². The van der Waals surface area contributed by atoms with E-state index in [1.807, 2.05) is 0 Å². The number of hydrogen-bond donors (Lipinski definition) is 2. The van der Waals surface area contributed by atoms with Gasteiger partial charge in [-0.1, -0.05) is 12.1 Å². The molecular formula is C22H19FN4O2. The number of carbonyl (C=O) groups is 2.